The van der Waals surface area contributed by atoms with Gasteiger partial charge in [0.25, 0.3) is 5.91 Å². The van der Waals surface area contributed by atoms with E-state index in [-0.39, 0.29) is 18.0 Å². The molecule has 2 atom stereocenters. The second-order valence-corrected chi connectivity index (χ2v) is 5.74. The fraction of sp³-hybridized carbons (Fsp3) is 0.278. The third-order valence-electron chi connectivity index (χ3n) is 3.80. The summed E-state index contributed by atoms with van der Waals surface area (Å²) in [6, 6.07) is 13.9. The van der Waals surface area contributed by atoms with Crippen molar-refractivity contribution in [3.63, 3.8) is 0 Å². The molecule has 0 heterocycles. The van der Waals surface area contributed by atoms with E-state index in [0.29, 0.717) is 5.69 Å². The first-order valence-corrected chi connectivity index (χ1v) is 7.65. The Labute approximate surface area is 138 Å². The lowest BCUT2D eigenvalue weighted by Crippen LogP contribution is -2.91. The fourth-order valence-electron chi connectivity index (χ4n) is 2.39. The van der Waals surface area contributed by atoms with Crippen LogP contribution in [0.5, 0.6) is 0 Å². The summed E-state index contributed by atoms with van der Waals surface area (Å²) < 4.78 is 37.6. The van der Waals surface area contributed by atoms with Crippen molar-refractivity contribution in [2.45, 2.75) is 32.1 Å². The van der Waals surface area contributed by atoms with Crippen molar-refractivity contribution in [2.24, 2.45) is 0 Å². The zero-order chi connectivity index (χ0) is 17.7. The highest BCUT2D eigenvalue weighted by atomic mass is 19.4. The summed E-state index contributed by atoms with van der Waals surface area (Å²) >= 11 is 0. The minimum atomic E-state index is -4.38. The van der Waals surface area contributed by atoms with E-state index in [1.165, 1.54) is 12.1 Å². The molecule has 2 aromatic carbocycles. The van der Waals surface area contributed by atoms with Crippen molar-refractivity contribution in [1.82, 2.24) is 0 Å². The maximum atomic E-state index is 12.5. The van der Waals surface area contributed by atoms with Crippen LogP contribution >= 0.6 is 0 Å². The minimum absolute atomic E-state index is 0.0968. The van der Waals surface area contributed by atoms with Crippen molar-refractivity contribution in [3.8, 4) is 0 Å². The first kappa shape index (κ1) is 18.0. The smallest absolute Gasteiger partial charge is 0.330 e. The van der Waals surface area contributed by atoms with Crippen molar-refractivity contribution in [1.29, 1.82) is 0 Å². The average molecular weight is 337 g/mol. The van der Waals surface area contributed by atoms with Gasteiger partial charge < -0.3 is 10.6 Å². The van der Waals surface area contributed by atoms with Gasteiger partial charge in [0.2, 0.25) is 0 Å². The molecule has 1 amide bonds. The summed E-state index contributed by atoms with van der Waals surface area (Å²) in [6.07, 6.45) is -4.38. The van der Waals surface area contributed by atoms with E-state index in [1.807, 2.05) is 42.6 Å². The number of alkyl halides is 3. The fourth-order valence-corrected chi connectivity index (χ4v) is 2.39. The Morgan fingerprint density at radius 2 is 1.58 bits per heavy atom. The van der Waals surface area contributed by atoms with Crippen LogP contribution in [-0.4, -0.2) is 11.9 Å². The van der Waals surface area contributed by atoms with Crippen molar-refractivity contribution in [2.75, 3.05) is 5.32 Å². The highest BCUT2D eigenvalue weighted by molar-refractivity contribution is 5.93. The Balaban J connectivity index is 1.94. The Kier molecular flexibility index (Phi) is 5.62. The van der Waals surface area contributed by atoms with E-state index >= 15 is 0 Å². The lowest BCUT2D eigenvalue weighted by molar-refractivity contribution is -0.709. The Morgan fingerprint density at radius 3 is 2.12 bits per heavy atom. The lowest BCUT2D eigenvalue weighted by Gasteiger charge is -2.17. The SMILES string of the molecule is C[C@H]([NH2+][C@@H](C)c1ccccc1)C(=O)Nc1ccc(C(F)(F)F)cc1. The first-order chi connectivity index (χ1) is 11.3. The average Bonchev–Trinajstić information content (AvgIpc) is 2.55. The molecule has 0 fully saturated rings. The van der Waals surface area contributed by atoms with Crippen LogP contribution < -0.4 is 10.6 Å². The van der Waals surface area contributed by atoms with Gasteiger partial charge in [0.05, 0.1) is 5.56 Å². The van der Waals surface area contributed by atoms with Gasteiger partial charge in [-0.1, -0.05) is 30.3 Å². The molecule has 0 unspecified atom stereocenters. The molecule has 0 radical (unpaired) electrons. The Morgan fingerprint density at radius 1 is 1.00 bits per heavy atom. The molecule has 0 saturated carbocycles. The van der Waals surface area contributed by atoms with Crippen LogP contribution in [0.3, 0.4) is 0 Å². The topological polar surface area (TPSA) is 45.7 Å². The molecule has 0 spiro atoms. The molecule has 0 bridgehead atoms. The molecule has 3 nitrogen and oxygen atoms in total. The van der Waals surface area contributed by atoms with Gasteiger partial charge in [0.1, 0.15) is 6.04 Å². The van der Waals surface area contributed by atoms with Crippen LogP contribution in [0, 0.1) is 0 Å². The maximum Gasteiger partial charge on any atom is 0.416 e. The van der Waals surface area contributed by atoms with E-state index in [9.17, 15) is 18.0 Å². The zero-order valence-corrected chi connectivity index (χ0v) is 13.5. The van der Waals surface area contributed by atoms with Gasteiger partial charge in [0, 0.05) is 11.3 Å². The molecule has 2 rings (SSSR count). The van der Waals surface area contributed by atoms with Crippen molar-refractivity contribution < 1.29 is 23.3 Å². The van der Waals surface area contributed by atoms with E-state index in [1.54, 1.807) is 6.92 Å². The molecular formula is C18H20F3N2O+. The molecule has 128 valence electrons. The number of halogens is 3. The lowest BCUT2D eigenvalue weighted by atomic mass is 10.1. The number of nitrogens with one attached hydrogen (secondary N) is 1. The number of anilines is 1. The van der Waals surface area contributed by atoms with Gasteiger partial charge >= 0.3 is 6.18 Å². The van der Waals surface area contributed by atoms with E-state index in [4.69, 9.17) is 0 Å². The number of hydrogen-bond acceptors (Lipinski definition) is 1. The summed E-state index contributed by atoms with van der Waals surface area (Å²) in [7, 11) is 0. The van der Waals surface area contributed by atoms with Gasteiger partial charge in [-0.25, -0.2) is 0 Å². The summed E-state index contributed by atoms with van der Waals surface area (Å²) in [5, 5.41) is 4.55. The summed E-state index contributed by atoms with van der Waals surface area (Å²) in [5.41, 5.74) is 0.713. The maximum absolute atomic E-state index is 12.5. The largest absolute Gasteiger partial charge is 0.416 e. The van der Waals surface area contributed by atoms with Gasteiger partial charge in [-0.3, -0.25) is 4.79 Å². The van der Waals surface area contributed by atoms with Gasteiger partial charge in [0.15, 0.2) is 6.04 Å². The number of benzene rings is 2. The second-order valence-electron chi connectivity index (χ2n) is 5.74. The normalized spacial score (nSPS) is 14.0. The summed E-state index contributed by atoms with van der Waals surface area (Å²) in [5.74, 6) is -0.252. The van der Waals surface area contributed by atoms with E-state index in [2.05, 4.69) is 5.32 Å². The van der Waals surface area contributed by atoms with Crippen LogP contribution in [0.1, 0.15) is 31.0 Å². The van der Waals surface area contributed by atoms with Crippen LogP contribution in [0.2, 0.25) is 0 Å². The van der Waals surface area contributed by atoms with Crippen LogP contribution in [-0.2, 0) is 11.0 Å². The molecule has 24 heavy (non-hydrogen) atoms. The zero-order valence-electron chi connectivity index (χ0n) is 13.5. The van der Waals surface area contributed by atoms with E-state index < -0.39 is 11.7 Å². The number of quaternary nitrogens is 1. The quantitative estimate of drug-likeness (QED) is 0.863. The molecule has 6 heteroatoms. The van der Waals surface area contributed by atoms with Gasteiger partial charge in [-0.15, -0.1) is 0 Å². The molecular weight excluding hydrogens is 317 g/mol. The Hall–Kier alpha value is -2.34. The number of amides is 1. The summed E-state index contributed by atoms with van der Waals surface area (Å²) in [6.45, 7) is 3.76. The van der Waals surface area contributed by atoms with Crippen molar-refractivity contribution in [3.05, 3.63) is 65.7 Å². The molecule has 0 aromatic heterocycles. The number of nitrogens with two attached hydrogens (primary N) is 1. The number of rotatable bonds is 5. The molecule has 0 aliphatic carbocycles. The molecule has 0 saturated heterocycles. The molecule has 0 aliphatic heterocycles. The molecule has 3 N–H and O–H groups in total. The number of carbonyl (C=O) groups excluding carboxylic acids is 1. The van der Waals surface area contributed by atoms with Crippen LogP contribution in [0.4, 0.5) is 18.9 Å². The standard InChI is InChI=1S/C18H19F3N2O/c1-12(14-6-4-3-5-7-14)22-13(2)17(24)23-16-10-8-15(9-11-16)18(19,20)21/h3-13,22H,1-2H3,(H,23,24)/p+1/t12-,13-/m0/s1. The monoisotopic (exact) mass is 337 g/mol. The van der Waals surface area contributed by atoms with Crippen LogP contribution in [0.15, 0.2) is 54.6 Å². The van der Waals surface area contributed by atoms with Gasteiger partial charge in [-0.05, 0) is 38.1 Å². The third-order valence-corrected chi connectivity index (χ3v) is 3.80. The number of hydrogen-bond donors (Lipinski definition) is 2. The predicted molar refractivity (Wildman–Crippen MR) is 86.3 cm³/mol. The molecule has 0 aliphatic rings. The van der Waals surface area contributed by atoms with E-state index in [0.717, 1.165) is 17.7 Å². The highest BCUT2D eigenvalue weighted by Gasteiger charge is 2.30. The van der Waals surface area contributed by atoms with Crippen LogP contribution in [0.25, 0.3) is 0 Å². The van der Waals surface area contributed by atoms with Gasteiger partial charge in [-0.2, -0.15) is 13.2 Å². The summed E-state index contributed by atoms with van der Waals surface area (Å²) in [4.78, 5) is 12.2. The Bertz CT molecular complexity index is 669. The number of carbonyl (C=O) groups is 1. The second kappa shape index (κ2) is 7.49. The predicted octanol–water partition coefficient (Wildman–Crippen LogP) is 3.36. The van der Waals surface area contributed by atoms with Crippen molar-refractivity contribution >= 4 is 11.6 Å². The highest BCUT2D eigenvalue weighted by Crippen LogP contribution is 2.29. The molecule has 2 aromatic rings. The third kappa shape index (κ3) is 4.83. The minimum Gasteiger partial charge on any atom is -0.330 e. The first-order valence-electron chi connectivity index (χ1n) is 7.65.